The highest BCUT2D eigenvalue weighted by Gasteiger charge is 2.24. The predicted molar refractivity (Wildman–Crippen MR) is 56.5 cm³/mol. The van der Waals surface area contributed by atoms with Gasteiger partial charge in [-0.25, -0.2) is 4.39 Å². The van der Waals surface area contributed by atoms with E-state index in [4.69, 9.17) is 0 Å². The van der Waals surface area contributed by atoms with Crippen molar-refractivity contribution in [2.75, 3.05) is 0 Å². The highest BCUT2D eigenvalue weighted by molar-refractivity contribution is 14.1. The van der Waals surface area contributed by atoms with Crippen LogP contribution in [0.5, 0.6) is 0 Å². The van der Waals surface area contributed by atoms with Gasteiger partial charge in [-0.1, -0.05) is 0 Å². The van der Waals surface area contributed by atoms with Gasteiger partial charge in [0.1, 0.15) is 5.82 Å². The first kappa shape index (κ1) is 9.12. The second kappa shape index (κ2) is 3.04. The van der Waals surface area contributed by atoms with E-state index < -0.39 is 0 Å². The number of benzene rings is 1. The molecule has 0 bridgehead atoms. The zero-order valence-corrected chi connectivity index (χ0v) is 9.31. The SMILES string of the molecule is Cc1c(F)cc2c(c1I)C(=O)CC2. The van der Waals surface area contributed by atoms with Crippen LogP contribution in [0.1, 0.15) is 27.9 Å². The molecule has 1 nitrogen and oxygen atoms in total. The number of fused-ring (bicyclic) bond motifs is 1. The molecule has 0 saturated carbocycles. The highest BCUT2D eigenvalue weighted by Crippen LogP contribution is 2.30. The number of halogens is 2. The number of hydrogen-bond acceptors (Lipinski definition) is 1. The Labute approximate surface area is 89.5 Å². The van der Waals surface area contributed by atoms with Crippen molar-refractivity contribution >= 4 is 28.4 Å². The van der Waals surface area contributed by atoms with Crippen LogP contribution < -0.4 is 0 Å². The Morgan fingerprint density at radius 3 is 2.85 bits per heavy atom. The van der Waals surface area contributed by atoms with Crippen LogP contribution in [-0.2, 0) is 6.42 Å². The molecule has 0 fully saturated rings. The van der Waals surface area contributed by atoms with Crippen molar-refractivity contribution in [3.63, 3.8) is 0 Å². The lowest BCUT2D eigenvalue weighted by Gasteiger charge is -2.05. The van der Waals surface area contributed by atoms with Crippen LogP contribution in [-0.4, -0.2) is 5.78 Å². The van der Waals surface area contributed by atoms with Crippen molar-refractivity contribution in [1.29, 1.82) is 0 Å². The number of rotatable bonds is 0. The number of hydrogen-bond donors (Lipinski definition) is 0. The Kier molecular flexibility index (Phi) is 2.14. The third-order valence-corrected chi connectivity index (χ3v) is 3.78. The summed E-state index contributed by atoms with van der Waals surface area (Å²) in [6.45, 7) is 1.71. The second-order valence-electron chi connectivity index (χ2n) is 3.25. The maximum atomic E-state index is 13.2. The highest BCUT2D eigenvalue weighted by atomic mass is 127. The molecule has 68 valence electrons. The van der Waals surface area contributed by atoms with Crippen molar-refractivity contribution < 1.29 is 9.18 Å². The first-order valence-electron chi connectivity index (χ1n) is 4.12. The molecule has 13 heavy (non-hydrogen) atoms. The van der Waals surface area contributed by atoms with Crippen LogP contribution >= 0.6 is 22.6 Å². The van der Waals surface area contributed by atoms with E-state index in [-0.39, 0.29) is 11.6 Å². The van der Waals surface area contributed by atoms with Crippen molar-refractivity contribution in [3.8, 4) is 0 Å². The van der Waals surface area contributed by atoms with E-state index in [1.54, 1.807) is 6.92 Å². The van der Waals surface area contributed by atoms with Gasteiger partial charge >= 0.3 is 0 Å². The normalized spacial score (nSPS) is 14.8. The molecule has 0 heterocycles. The summed E-state index contributed by atoms with van der Waals surface area (Å²) in [5.74, 6) is -0.0413. The van der Waals surface area contributed by atoms with Gasteiger partial charge in [0.15, 0.2) is 5.78 Å². The van der Waals surface area contributed by atoms with Gasteiger partial charge < -0.3 is 0 Å². The standard InChI is InChI=1S/C10H8FIO/c1-5-7(11)4-6-2-3-8(13)9(6)10(5)12/h4H,2-3H2,1H3. The predicted octanol–water partition coefficient (Wildman–Crippen LogP) is 2.87. The van der Waals surface area contributed by atoms with Gasteiger partial charge in [-0.3, -0.25) is 4.79 Å². The average molecular weight is 290 g/mol. The van der Waals surface area contributed by atoms with Crippen LogP contribution in [0.4, 0.5) is 4.39 Å². The zero-order chi connectivity index (χ0) is 9.59. The molecule has 1 aromatic carbocycles. The molecular formula is C10H8FIO. The lowest BCUT2D eigenvalue weighted by atomic mass is 10.1. The van der Waals surface area contributed by atoms with E-state index in [1.165, 1.54) is 6.07 Å². The first-order valence-corrected chi connectivity index (χ1v) is 5.20. The van der Waals surface area contributed by atoms with Gasteiger partial charge in [-0.2, -0.15) is 0 Å². The summed E-state index contributed by atoms with van der Waals surface area (Å²) in [6.07, 6.45) is 1.23. The Balaban J connectivity index is 2.75. The number of aryl methyl sites for hydroxylation is 1. The minimum Gasteiger partial charge on any atom is -0.294 e. The molecule has 0 saturated heterocycles. The van der Waals surface area contributed by atoms with Gasteiger partial charge in [-0.05, 0) is 53.1 Å². The number of ketones is 1. The summed E-state index contributed by atoms with van der Waals surface area (Å²) in [6, 6.07) is 1.50. The topological polar surface area (TPSA) is 17.1 Å². The van der Waals surface area contributed by atoms with E-state index in [9.17, 15) is 9.18 Å². The van der Waals surface area contributed by atoms with E-state index >= 15 is 0 Å². The Morgan fingerprint density at radius 2 is 2.15 bits per heavy atom. The number of Topliss-reactive ketones (excluding diaryl/α,β-unsaturated/α-hetero) is 1. The molecule has 3 heteroatoms. The van der Waals surface area contributed by atoms with Crippen LogP contribution in [0, 0.1) is 16.3 Å². The number of carbonyl (C=O) groups excluding carboxylic acids is 1. The van der Waals surface area contributed by atoms with E-state index in [0.717, 1.165) is 14.7 Å². The summed E-state index contributed by atoms with van der Waals surface area (Å²) in [5.41, 5.74) is 2.21. The summed E-state index contributed by atoms with van der Waals surface area (Å²) in [5, 5.41) is 0. The minimum absolute atomic E-state index is 0.155. The van der Waals surface area contributed by atoms with E-state index in [2.05, 4.69) is 22.6 Å². The lowest BCUT2D eigenvalue weighted by molar-refractivity contribution is 0.0994. The van der Waals surface area contributed by atoms with Crippen molar-refractivity contribution in [2.24, 2.45) is 0 Å². The fourth-order valence-corrected chi connectivity index (χ4v) is 2.54. The van der Waals surface area contributed by atoms with Crippen molar-refractivity contribution in [2.45, 2.75) is 19.8 Å². The molecule has 0 amide bonds. The fourth-order valence-electron chi connectivity index (χ4n) is 1.64. The molecule has 0 aromatic heterocycles. The molecule has 0 spiro atoms. The fraction of sp³-hybridized carbons (Fsp3) is 0.300. The smallest absolute Gasteiger partial charge is 0.164 e. The van der Waals surface area contributed by atoms with Gasteiger partial charge in [-0.15, -0.1) is 0 Å². The summed E-state index contributed by atoms with van der Waals surface area (Å²) in [7, 11) is 0. The summed E-state index contributed by atoms with van der Waals surface area (Å²) >= 11 is 2.05. The second-order valence-corrected chi connectivity index (χ2v) is 4.33. The average Bonchev–Trinajstić information content (AvgIpc) is 2.43. The van der Waals surface area contributed by atoms with Crippen LogP contribution in [0.2, 0.25) is 0 Å². The molecule has 1 aliphatic rings. The molecule has 1 aromatic rings. The van der Waals surface area contributed by atoms with Crippen LogP contribution in [0.25, 0.3) is 0 Å². The Bertz CT molecular complexity index is 398. The van der Waals surface area contributed by atoms with Gasteiger partial charge in [0.05, 0.1) is 0 Å². The van der Waals surface area contributed by atoms with Gasteiger partial charge in [0.25, 0.3) is 0 Å². The molecule has 0 N–H and O–H groups in total. The Hall–Kier alpha value is -0.450. The molecule has 1 aliphatic carbocycles. The molecule has 0 unspecified atom stereocenters. The van der Waals surface area contributed by atoms with Gasteiger partial charge in [0, 0.05) is 15.6 Å². The molecule has 0 atom stereocenters. The maximum Gasteiger partial charge on any atom is 0.164 e. The molecular weight excluding hydrogens is 282 g/mol. The van der Waals surface area contributed by atoms with E-state index in [0.29, 0.717) is 18.4 Å². The quantitative estimate of drug-likeness (QED) is 0.671. The third kappa shape index (κ3) is 1.29. The maximum absolute atomic E-state index is 13.2. The zero-order valence-electron chi connectivity index (χ0n) is 7.16. The summed E-state index contributed by atoms with van der Waals surface area (Å²) < 4.78 is 14.0. The summed E-state index contributed by atoms with van der Waals surface area (Å²) in [4.78, 5) is 11.4. The number of carbonyl (C=O) groups is 1. The Morgan fingerprint density at radius 1 is 1.46 bits per heavy atom. The van der Waals surface area contributed by atoms with E-state index in [1.807, 2.05) is 0 Å². The third-order valence-electron chi connectivity index (χ3n) is 2.43. The van der Waals surface area contributed by atoms with Crippen LogP contribution in [0.3, 0.4) is 0 Å². The minimum atomic E-state index is -0.196. The van der Waals surface area contributed by atoms with Gasteiger partial charge in [0.2, 0.25) is 0 Å². The molecule has 2 rings (SSSR count). The first-order chi connectivity index (χ1) is 6.11. The molecule has 0 aliphatic heterocycles. The molecule has 0 radical (unpaired) electrons. The lowest BCUT2D eigenvalue weighted by Crippen LogP contribution is -2.00. The largest absolute Gasteiger partial charge is 0.294 e. The monoisotopic (exact) mass is 290 g/mol. The van der Waals surface area contributed by atoms with Crippen molar-refractivity contribution in [1.82, 2.24) is 0 Å². The van der Waals surface area contributed by atoms with Crippen LogP contribution in [0.15, 0.2) is 6.07 Å². The van der Waals surface area contributed by atoms with Crippen molar-refractivity contribution in [3.05, 3.63) is 32.1 Å².